The zero-order valence-corrected chi connectivity index (χ0v) is 21.3. The molecule has 0 radical (unpaired) electrons. The monoisotopic (exact) mass is 521 g/mol. The molecule has 10 nitrogen and oxygen atoms in total. The van der Waals surface area contributed by atoms with Crippen LogP contribution in [0.3, 0.4) is 0 Å². The lowest BCUT2D eigenvalue weighted by Gasteiger charge is -2.43. The van der Waals surface area contributed by atoms with Gasteiger partial charge in [-0.05, 0) is 58.0 Å². The molecule has 1 aliphatic heterocycles. The highest BCUT2D eigenvalue weighted by Crippen LogP contribution is 2.40. The van der Waals surface area contributed by atoms with Gasteiger partial charge in [0.2, 0.25) is 10.0 Å². The summed E-state index contributed by atoms with van der Waals surface area (Å²) in [6, 6.07) is 9.28. The van der Waals surface area contributed by atoms with E-state index in [-0.39, 0.29) is 23.5 Å². The van der Waals surface area contributed by atoms with Crippen molar-refractivity contribution in [3.8, 4) is 0 Å². The first-order chi connectivity index (χ1) is 16.4. The molecule has 12 heteroatoms. The van der Waals surface area contributed by atoms with Crippen LogP contribution >= 0.6 is 11.8 Å². The quantitative estimate of drug-likeness (QED) is 0.412. The van der Waals surface area contributed by atoms with Crippen LogP contribution in [0.4, 0.5) is 15.3 Å². The largest absolute Gasteiger partial charge is 0.507 e. The molecule has 188 valence electrons. The lowest BCUT2D eigenvalue weighted by molar-refractivity contribution is -0.0166. The van der Waals surface area contributed by atoms with Gasteiger partial charge < -0.3 is 24.9 Å². The average molecular weight is 522 g/mol. The summed E-state index contributed by atoms with van der Waals surface area (Å²) in [7, 11) is -4.08. The lowest BCUT2D eigenvalue weighted by atomic mass is 10.1. The van der Waals surface area contributed by atoms with E-state index in [4.69, 9.17) is 9.15 Å². The Morgan fingerprint density at radius 2 is 1.91 bits per heavy atom. The fraction of sp³-hybridized carbons (Fsp3) is 0.391. The van der Waals surface area contributed by atoms with E-state index >= 15 is 0 Å². The van der Waals surface area contributed by atoms with E-state index in [2.05, 4.69) is 10.6 Å². The van der Waals surface area contributed by atoms with Gasteiger partial charge in [-0.3, -0.25) is 0 Å². The van der Waals surface area contributed by atoms with E-state index < -0.39 is 27.2 Å². The molecule has 35 heavy (non-hydrogen) atoms. The third-order valence-electron chi connectivity index (χ3n) is 5.58. The van der Waals surface area contributed by atoms with Gasteiger partial charge in [-0.1, -0.05) is 0 Å². The molecule has 3 N–H and O–H groups in total. The molecule has 1 aliphatic rings. The fourth-order valence-corrected chi connectivity index (χ4v) is 7.02. The van der Waals surface area contributed by atoms with E-state index in [0.717, 1.165) is 4.31 Å². The number of carboxylic acid groups (broad SMARTS) is 1. The number of carbonyl (C=O) groups is 2. The summed E-state index contributed by atoms with van der Waals surface area (Å²) < 4.78 is 38.4. The molecule has 0 unspecified atom stereocenters. The molecule has 0 aliphatic carbocycles. The number of furan rings is 1. The first-order valence-electron chi connectivity index (χ1n) is 11.0. The summed E-state index contributed by atoms with van der Waals surface area (Å²) in [4.78, 5) is 23.3. The summed E-state index contributed by atoms with van der Waals surface area (Å²) >= 11 is 1.46. The minimum absolute atomic E-state index is 0.00732. The summed E-state index contributed by atoms with van der Waals surface area (Å²) in [6.07, 6.45) is -2.71. The molecular formula is C23H27N3O7S2. The number of ether oxygens (including phenoxy) is 1. The van der Waals surface area contributed by atoms with Gasteiger partial charge in [-0.15, -0.1) is 11.8 Å². The van der Waals surface area contributed by atoms with E-state index in [1.807, 2.05) is 13.8 Å². The number of benzene rings is 2. The minimum Gasteiger partial charge on any atom is -0.456 e. The number of anilines is 1. The van der Waals surface area contributed by atoms with Crippen LogP contribution < -0.4 is 10.6 Å². The summed E-state index contributed by atoms with van der Waals surface area (Å²) in [5.74, 6) is 0.503. The van der Waals surface area contributed by atoms with E-state index in [1.165, 1.54) is 23.9 Å². The summed E-state index contributed by atoms with van der Waals surface area (Å²) in [6.45, 7) is 7.34. The Balaban J connectivity index is 1.70. The highest BCUT2D eigenvalue weighted by Gasteiger charge is 2.47. The molecule has 0 saturated carbocycles. The second-order valence-electron chi connectivity index (χ2n) is 9.03. The van der Waals surface area contributed by atoms with Crippen molar-refractivity contribution in [1.82, 2.24) is 9.62 Å². The fourth-order valence-electron chi connectivity index (χ4n) is 4.04. The molecule has 1 fully saturated rings. The van der Waals surface area contributed by atoms with Crippen molar-refractivity contribution in [2.75, 3.05) is 17.6 Å². The summed E-state index contributed by atoms with van der Waals surface area (Å²) in [5, 5.41) is 16.0. The third-order valence-corrected chi connectivity index (χ3v) is 8.75. The van der Waals surface area contributed by atoms with Gasteiger partial charge in [-0.25, -0.2) is 18.0 Å². The van der Waals surface area contributed by atoms with E-state index in [0.29, 0.717) is 33.4 Å². The molecule has 2 heterocycles. The second kappa shape index (κ2) is 9.25. The van der Waals surface area contributed by atoms with Crippen molar-refractivity contribution in [3.05, 3.63) is 36.4 Å². The number of hydrogen-bond acceptors (Lipinski definition) is 7. The maximum atomic E-state index is 13.6. The van der Waals surface area contributed by atoms with Gasteiger partial charge in [0.25, 0.3) is 0 Å². The van der Waals surface area contributed by atoms with Gasteiger partial charge >= 0.3 is 12.2 Å². The predicted molar refractivity (Wildman–Crippen MR) is 134 cm³/mol. The molecule has 2 amide bonds. The van der Waals surface area contributed by atoms with Crippen LogP contribution in [-0.2, 0) is 14.8 Å². The molecule has 1 atom stereocenters. The van der Waals surface area contributed by atoms with Crippen molar-refractivity contribution in [1.29, 1.82) is 0 Å². The predicted octanol–water partition coefficient (Wildman–Crippen LogP) is 4.65. The minimum atomic E-state index is -4.08. The number of sulfonamides is 1. The number of hydrogen-bond donors (Lipinski definition) is 3. The Morgan fingerprint density at radius 3 is 2.60 bits per heavy atom. The van der Waals surface area contributed by atoms with Crippen molar-refractivity contribution in [2.45, 2.75) is 49.6 Å². The molecule has 1 aromatic heterocycles. The van der Waals surface area contributed by atoms with Crippen LogP contribution in [0.25, 0.3) is 21.9 Å². The SMILES string of the molecule is CC(C)NC(=O)Nc1ccc2c(c1)oc1ccc(S(=O)(=O)N3CCSC(C)(C)[C@@H]3OC(=O)O)cc12. The van der Waals surface area contributed by atoms with Gasteiger partial charge in [0, 0.05) is 40.9 Å². The van der Waals surface area contributed by atoms with Gasteiger partial charge in [0.1, 0.15) is 11.2 Å². The van der Waals surface area contributed by atoms with Crippen LogP contribution in [0, 0.1) is 0 Å². The highest BCUT2D eigenvalue weighted by molar-refractivity contribution is 8.00. The Bertz CT molecular complexity index is 1400. The van der Waals surface area contributed by atoms with Crippen molar-refractivity contribution < 1.29 is 32.3 Å². The standard InChI is InChI=1S/C23H27N3O7S2/c1-13(2)24-21(27)25-14-5-7-16-17-12-15(6-8-18(17)32-19(16)11-14)35(30,31)26-9-10-34-23(3,4)20(26)33-22(28)29/h5-8,11-13,20H,9-10H2,1-4H3,(H,28,29)(H2,24,25,27)/t20-/m0/s1. The maximum absolute atomic E-state index is 13.6. The normalized spacial score (nSPS) is 18.6. The first kappa shape index (κ1) is 25.1. The number of nitrogens with one attached hydrogen (secondary N) is 2. The lowest BCUT2D eigenvalue weighted by Crippen LogP contribution is -2.56. The number of nitrogens with zero attached hydrogens (tertiary/aromatic N) is 1. The van der Waals surface area contributed by atoms with Crippen LogP contribution in [0.15, 0.2) is 45.7 Å². The van der Waals surface area contributed by atoms with E-state index in [9.17, 15) is 23.1 Å². The molecule has 0 spiro atoms. The van der Waals surface area contributed by atoms with Gasteiger partial charge in [0.05, 0.1) is 9.64 Å². The maximum Gasteiger partial charge on any atom is 0.507 e. The van der Waals surface area contributed by atoms with E-state index in [1.54, 1.807) is 38.1 Å². The number of thioether (sulfide) groups is 1. The zero-order valence-electron chi connectivity index (χ0n) is 19.7. The summed E-state index contributed by atoms with van der Waals surface area (Å²) in [5.41, 5.74) is 1.50. The Kier molecular flexibility index (Phi) is 6.64. The number of rotatable bonds is 5. The average Bonchev–Trinajstić information content (AvgIpc) is 3.11. The van der Waals surface area contributed by atoms with Crippen LogP contribution in [0.5, 0.6) is 0 Å². The molecule has 0 bridgehead atoms. The second-order valence-corrected chi connectivity index (χ2v) is 12.7. The zero-order chi connectivity index (χ0) is 25.5. The number of urea groups is 1. The van der Waals surface area contributed by atoms with Crippen molar-refractivity contribution in [3.63, 3.8) is 0 Å². The Hall–Kier alpha value is -2.96. The number of fused-ring (bicyclic) bond motifs is 3. The molecule has 1 saturated heterocycles. The van der Waals surface area contributed by atoms with Crippen molar-refractivity contribution >= 4 is 61.6 Å². The van der Waals surface area contributed by atoms with Gasteiger partial charge in [0.15, 0.2) is 6.23 Å². The number of carbonyl (C=O) groups excluding carboxylic acids is 1. The molecule has 2 aromatic carbocycles. The van der Waals surface area contributed by atoms with Crippen LogP contribution in [0.2, 0.25) is 0 Å². The topological polar surface area (TPSA) is 138 Å². The van der Waals surface area contributed by atoms with Gasteiger partial charge in [-0.2, -0.15) is 4.31 Å². The van der Waals surface area contributed by atoms with Crippen molar-refractivity contribution in [2.24, 2.45) is 0 Å². The van der Waals surface area contributed by atoms with Crippen LogP contribution in [-0.4, -0.2) is 59.3 Å². The van der Waals surface area contributed by atoms with Crippen LogP contribution in [0.1, 0.15) is 27.7 Å². The Labute approximate surface area is 207 Å². The molecule has 3 aromatic rings. The Morgan fingerprint density at radius 1 is 1.17 bits per heavy atom. The smallest absolute Gasteiger partial charge is 0.456 e. The molecule has 4 rings (SSSR count). The first-order valence-corrected chi connectivity index (χ1v) is 13.4. The number of amides is 2. The molecular weight excluding hydrogens is 494 g/mol. The highest BCUT2D eigenvalue weighted by atomic mass is 32.2. The third kappa shape index (κ3) is 5.04.